The second-order valence-electron chi connectivity index (χ2n) is 5.27. The molecule has 0 unspecified atom stereocenters. The molecule has 1 heterocycles. The number of amides is 2. The van der Waals surface area contributed by atoms with E-state index in [1.807, 2.05) is 20.8 Å². The molecule has 6 nitrogen and oxygen atoms in total. The first-order chi connectivity index (χ1) is 8.81. The van der Waals surface area contributed by atoms with E-state index in [0.717, 1.165) is 0 Å². The number of nitrogens with two attached hydrogens (primary N) is 1. The molecule has 0 aromatic carbocycles. The van der Waals surface area contributed by atoms with Crippen molar-refractivity contribution in [2.75, 3.05) is 6.54 Å². The Labute approximate surface area is 112 Å². The first kappa shape index (κ1) is 15.2. The SMILES string of the molecule is CC(C)(C)NC(=O)CCNC(=O)c1ccc(CN)o1. The number of hydrogen-bond acceptors (Lipinski definition) is 4. The van der Waals surface area contributed by atoms with Crippen LogP contribution in [-0.4, -0.2) is 23.9 Å². The van der Waals surface area contributed by atoms with Crippen molar-refractivity contribution >= 4 is 11.8 Å². The van der Waals surface area contributed by atoms with Gasteiger partial charge in [0.1, 0.15) is 5.76 Å². The van der Waals surface area contributed by atoms with E-state index >= 15 is 0 Å². The minimum atomic E-state index is -0.344. The zero-order valence-corrected chi connectivity index (χ0v) is 11.6. The van der Waals surface area contributed by atoms with Crippen molar-refractivity contribution < 1.29 is 14.0 Å². The van der Waals surface area contributed by atoms with Crippen molar-refractivity contribution in [3.8, 4) is 0 Å². The topological polar surface area (TPSA) is 97.4 Å². The molecule has 0 radical (unpaired) electrons. The molecule has 0 bridgehead atoms. The quantitative estimate of drug-likeness (QED) is 0.734. The molecular weight excluding hydrogens is 246 g/mol. The highest BCUT2D eigenvalue weighted by Crippen LogP contribution is 2.06. The van der Waals surface area contributed by atoms with Crippen LogP contribution < -0.4 is 16.4 Å². The summed E-state index contributed by atoms with van der Waals surface area (Å²) in [5, 5.41) is 5.43. The largest absolute Gasteiger partial charge is 0.455 e. The molecule has 0 aliphatic heterocycles. The Morgan fingerprint density at radius 3 is 2.53 bits per heavy atom. The number of carbonyl (C=O) groups is 2. The molecule has 0 atom stereocenters. The van der Waals surface area contributed by atoms with Crippen molar-refractivity contribution in [1.82, 2.24) is 10.6 Å². The van der Waals surface area contributed by atoms with Crippen molar-refractivity contribution in [3.05, 3.63) is 23.7 Å². The molecule has 0 saturated heterocycles. The molecule has 1 rings (SSSR count). The highest BCUT2D eigenvalue weighted by molar-refractivity contribution is 5.91. The lowest BCUT2D eigenvalue weighted by atomic mass is 10.1. The van der Waals surface area contributed by atoms with Gasteiger partial charge in [0, 0.05) is 18.5 Å². The van der Waals surface area contributed by atoms with Gasteiger partial charge in [0.2, 0.25) is 5.91 Å². The Bertz CT molecular complexity index is 446. The van der Waals surface area contributed by atoms with Crippen molar-refractivity contribution in [2.24, 2.45) is 5.73 Å². The normalized spacial score (nSPS) is 11.2. The zero-order chi connectivity index (χ0) is 14.5. The molecule has 6 heteroatoms. The average Bonchev–Trinajstić information content (AvgIpc) is 2.74. The van der Waals surface area contributed by atoms with E-state index in [1.54, 1.807) is 12.1 Å². The van der Waals surface area contributed by atoms with E-state index in [2.05, 4.69) is 10.6 Å². The van der Waals surface area contributed by atoms with E-state index in [9.17, 15) is 9.59 Å². The number of rotatable bonds is 5. The summed E-state index contributed by atoms with van der Waals surface area (Å²) in [6.45, 7) is 6.22. The standard InChI is InChI=1S/C13H21N3O3/c1-13(2,3)16-11(17)6-7-15-12(18)10-5-4-9(8-14)19-10/h4-5H,6-8,14H2,1-3H3,(H,15,18)(H,16,17). The Morgan fingerprint density at radius 2 is 2.00 bits per heavy atom. The second-order valence-corrected chi connectivity index (χ2v) is 5.27. The molecule has 2 amide bonds. The van der Waals surface area contributed by atoms with Gasteiger partial charge in [-0.3, -0.25) is 9.59 Å². The van der Waals surface area contributed by atoms with Crippen LogP contribution in [0.1, 0.15) is 43.5 Å². The summed E-state index contributed by atoms with van der Waals surface area (Å²) in [5.74, 6) is 0.311. The van der Waals surface area contributed by atoms with E-state index in [-0.39, 0.29) is 42.6 Å². The van der Waals surface area contributed by atoms with Gasteiger partial charge in [-0.25, -0.2) is 0 Å². The molecule has 1 aromatic rings. The Hall–Kier alpha value is -1.82. The third-order valence-corrected chi connectivity index (χ3v) is 2.24. The molecule has 0 fully saturated rings. The molecule has 0 aliphatic rings. The van der Waals surface area contributed by atoms with Gasteiger partial charge in [-0.05, 0) is 32.9 Å². The van der Waals surface area contributed by atoms with Gasteiger partial charge in [0.05, 0.1) is 6.54 Å². The maximum absolute atomic E-state index is 11.7. The highest BCUT2D eigenvalue weighted by atomic mass is 16.4. The molecule has 0 aliphatic carbocycles. The predicted octanol–water partition coefficient (Wildman–Crippen LogP) is 0.773. The average molecular weight is 267 g/mol. The van der Waals surface area contributed by atoms with Crippen LogP contribution in [-0.2, 0) is 11.3 Å². The van der Waals surface area contributed by atoms with Gasteiger partial charge in [-0.2, -0.15) is 0 Å². The Kier molecular flexibility index (Phi) is 5.11. The fourth-order valence-electron chi connectivity index (χ4n) is 1.47. The van der Waals surface area contributed by atoms with Crippen LogP contribution in [0.4, 0.5) is 0 Å². The number of hydrogen-bond donors (Lipinski definition) is 3. The summed E-state index contributed by atoms with van der Waals surface area (Å²) in [6, 6.07) is 3.22. The maximum Gasteiger partial charge on any atom is 0.287 e. The minimum Gasteiger partial charge on any atom is -0.455 e. The zero-order valence-electron chi connectivity index (χ0n) is 11.6. The third kappa shape index (κ3) is 5.56. The van der Waals surface area contributed by atoms with E-state index in [4.69, 9.17) is 10.2 Å². The summed E-state index contributed by atoms with van der Waals surface area (Å²) in [4.78, 5) is 23.2. The summed E-state index contributed by atoms with van der Waals surface area (Å²) < 4.78 is 5.20. The van der Waals surface area contributed by atoms with Crippen LogP contribution in [0.15, 0.2) is 16.5 Å². The van der Waals surface area contributed by atoms with Crippen molar-refractivity contribution in [1.29, 1.82) is 0 Å². The predicted molar refractivity (Wildman–Crippen MR) is 71.4 cm³/mol. The van der Waals surface area contributed by atoms with E-state index < -0.39 is 0 Å². The van der Waals surface area contributed by atoms with Crippen molar-refractivity contribution in [3.63, 3.8) is 0 Å². The third-order valence-electron chi connectivity index (χ3n) is 2.24. The summed E-state index contributed by atoms with van der Waals surface area (Å²) in [6.07, 6.45) is 0.230. The number of furan rings is 1. The monoisotopic (exact) mass is 267 g/mol. The number of carbonyl (C=O) groups excluding carboxylic acids is 2. The fraction of sp³-hybridized carbons (Fsp3) is 0.538. The van der Waals surface area contributed by atoms with Crippen LogP contribution in [0.3, 0.4) is 0 Å². The first-order valence-electron chi connectivity index (χ1n) is 6.20. The molecule has 1 aromatic heterocycles. The molecule has 0 saturated carbocycles. The molecule has 19 heavy (non-hydrogen) atoms. The summed E-state index contributed by atoms with van der Waals surface area (Å²) in [5.41, 5.74) is 5.12. The van der Waals surface area contributed by atoms with Gasteiger partial charge in [-0.1, -0.05) is 0 Å². The Morgan fingerprint density at radius 1 is 1.32 bits per heavy atom. The van der Waals surface area contributed by atoms with Crippen LogP contribution in [0, 0.1) is 0 Å². The lowest BCUT2D eigenvalue weighted by molar-refractivity contribution is -0.122. The number of nitrogens with one attached hydrogen (secondary N) is 2. The van der Waals surface area contributed by atoms with E-state index in [0.29, 0.717) is 5.76 Å². The van der Waals surface area contributed by atoms with Gasteiger partial charge in [-0.15, -0.1) is 0 Å². The van der Waals surface area contributed by atoms with E-state index in [1.165, 1.54) is 0 Å². The second kappa shape index (κ2) is 6.38. The van der Waals surface area contributed by atoms with Gasteiger partial charge in [0.25, 0.3) is 5.91 Å². The van der Waals surface area contributed by atoms with Crippen LogP contribution in [0.5, 0.6) is 0 Å². The molecule has 0 spiro atoms. The highest BCUT2D eigenvalue weighted by Gasteiger charge is 2.14. The van der Waals surface area contributed by atoms with Crippen LogP contribution >= 0.6 is 0 Å². The van der Waals surface area contributed by atoms with Gasteiger partial charge in [0.15, 0.2) is 5.76 Å². The minimum absolute atomic E-state index is 0.102. The van der Waals surface area contributed by atoms with Crippen molar-refractivity contribution in [2.45, 2.75) is 39.3 Å². The van der Waals surface area contributed by atoms with Gasteiger partial charge >= 0.3 is 0 Å². The van der Waals surface area contributed by atoms with Crippen LogP contribution in [0.2, 0.25) is 0 Å². The molecule has 106 valence electrons. The summed E-state index contributed by atoms with van der Waals surface area (Å²) in [7, 11) is 0. The Balaban J connectivity index is 2.33. The molecular formula is C13H21N3O3. The summed E-state index contributed by atoms with van der Waals surface area (Å²) >= 11 is 0. The molecule has 4 N–H and O–H groups in total. The van der Waals surface area contributed by atoms with Crippen LogP contribution in [0.25, 0.3) is 0 Å². The maximum atomic E-state index is 11.7. The smallest absolute Gasteiger partial charge is 0.287 e. The lowest BCUT2D eigenvalue weighted by Crippen LogP contribution is -2.41. The van der Waals surface area contributed by atoms with Gasteiger partial charge < -0.3 is 20.8 Å². The lowest BCUT2D eigenvalue weighted by Gasteiger charge is -2.20. The first-order valence-corrected chi connectivity index (χ1v) is 6.20. The fourth-order valence-corrected chi connectivity index (χ4v) is 1.47.